The molecule has 0 radical (unpaired) electrons. The first-order valence-electron chi connectivity index (χ1n) is 5.47. The number of hydrogen-bond acceptors (Lipinski definition) is 5. The second-order valence-electron chi connectivity index (χ2n) is 4.33. The van der Waals surface area contributed by atoms with Gasteiger partial charge in [0.15, 0.2) is 6.33 Å². The monoisotopic (exact) mass is 210 g/mol. The average Bonchev–Trinajstić information content (AvgIpc) is 2.73. The molecule has 2 atom stereocenters. The van der Waals surface area contributed by atoms with Crippen LogP contribution >= 0.6 is 0 Å². The molecule has 5 heteroatoms. The molecule has 0 bridgehead atoms. The lowest BCUT2D eigenvalue weighted by Crippen LogP contribution is -2.42. The molecule has 5 nitrogen and oxygen atoms in total. The Morgan fingerprint density at radius 2 is 2.53 bits per heavy atom. The SMILES string of the molecule is CC1CCN(Cc2ncno2)CC1CN. The maximum absolute atomic E-state index is 5.75. The molecule has 1 aliphatic rings. The van der Waals surface area contributed by atoms with E-state index in [-0.39, 0.29) is 0 Å². The topological polar surface area (TPSA) is 68.2 Å². The predicted molar refractivity (Wildman–Crippen MR) is 55.9 cm³/mol. The number of nitrogens with two attached hydrogens (primary N) is 1. The van der Waals surface area contributed by atoms with E-state index >= 15 is 0 Å². The molecule has 84 valence electrons. The van der Waals surface area contributed by atoms with Crippen LogP contribution in [0.5, 0.6) is 0 Å². The van der Waals surface area contributed by atoms with Gasteiger partial charge < -0.3 is 10.3 Å². The Morgan fingerprint density at radius 1 is 1.67 bits per heavy atom. The molecular weight excluding hydrogens is 192 g/mol. The van der Waals surface area contributed by atoms with E-state index in [4.69, 9.17) is 10.3 Å². The second kappa shape index (κ2) is 4.72. The van der Waals surface area contributed by atoms with Gasteiger partial charge in [-0.15, -0.1) is 0 Å². The molecule has 2 heterocycles. The summed E-state index contributed by atoms with van der Waals surface area (Å²) in [6.45, 7) is 5.94. The molecule has 15 heavy (non-hydrogen) atoms. The van der Waals surface area contributed by atoms with E-state index in [9.17, 15) is 0 Å². The lowest BCUT2D eigenvalue weighted by Gasteiger charge is -2.35. The van der Waals surface area contributed by atoms with Gasteiger partial charge in [-0.3, -0.25) is 4.90 Å². The van der Waals surface area contributed by atoms with E-state index in [1.807, 2.05) is 0 Å². The first-order valence-corrected chi connectivity index (χ1v) is 5.47. The van der Waals surface area contributed by atoms with Gasteiger partial charge in [-0.05, 0) is 31.3 Å². The van der Waals surface area contributed by atoms with Gasteiger partial charge in [-0.2, -0.15) is 4.98 Å². The molecule has 0 amide bonds. The van der Waals surface area contributed by atoms with Crippen LogP contribution in [-0.4, -0.2) is 34.7 Å². The maximum atomic E-state index is 5.75. The van der Waals surface area contributed by atoms with Crippen LogP contribution in [-0.2, 0) is 6.54 Å². The van der Waals surface area contributed by atoms with Gasteiger partial charge in [-0.25, -0.2) is 0 Å². The number of piperidine rings is 1. The Balaban J connectivity index is 1.89. The highest BCUT2D eigenvalue weighted by Crippen LogP contribution is 2.22. The lowest BCUT2D eigenvalue weighted by molar-refractivity contribution is 0.114. The van der Waals surface area contributed by atoms with Crippen molar-refractivity contribution in [1.82, 2.24) is 15.0 Å². The van der Waals surface area contributed by atoms with Crippen LogP contribution in [0.4, 0.5) is 0 Å². The second-order valence-corrected chi connectivity index (χ2v) is 4.33. The van der Waals surface area contributed by atoms with Crippen LogP contribution in [0.3, 0.4) is 0 Å². The van der Waals surface area contributed by atoms with Gasteiger partial charge in [0.05, 0.1) is 6.54 Å². The lowest BCUT2D eigenvalue weighted by atomic mass is 9.87. The molecule has 2 unspecified atom stereocenters. The fourth-order valence-corrected chi connectivity index (χ4v) is 2.13. The highest BCUT2D eigenvalue weighted by Gasteiger charge is 2.25. The highest BCUT2D eigenvalue weighted by atomic mass is 16.5. The number of hydrogen-bond donors (Lipinski definition) is 1. The van der Waals surface area contributed by atoms with Crippen molar-refractivity contribution >= 4 is 0 Å². The summed E-state index contributed by atoms with van der Waals surface area (Å²) in [5.41, 5.74) is 5.75. The Bertz CT molecular complexity index is 288. The zero-order valence-corrected chi connectivity index (χ0v) is 9.09. The predicted octanol–water partition coefficient (Wildman–Crippen LogP) is 0.486. The molecule has 1 aromatic rings. The minimum atomic E-state index is 0.599. The average molecular weight is 210 g/mol. The molecule has 2 N–H and O–H groups in total. The van der Waals surface area contributed by atoms with Crippen molar-refractivity contribution < 1.29 is 4.52 Å². The van der Waals surface area contributed by atoms with Crippen LogP contribution in [0, 0.1) is 11.8 Å². The smallest absolute Gasteiger partial charge is 0.240 e. The third-order valence-corrected chi connectivity index (χ3v) is 3.27. The fourth-order valence-electron chi connectivity index (χ4n) is 2.13. The van der Waals surface area contributed by atoms with E-state index in [2.05, 4.69) is 22.0 Å². The van der Waals surface area contributed by atoms with Crippen molar-refractivity contribution in [1.29, 1.82) is 0 Å². The van der Waals surface area contributed by atoms with Crippen molar-refractivity contribution in [2.24, 2.45) is 17.6 Å². The van der Waals surface area contributed by atoms with Crippen LogP contribution in [0.15, 0.2) is 10.9 Å². The number of aromatic nitrogens is 2. The number of nitrogens with zero attached hydrogens (tertiary/aromatic N) is 3. The zero-order valence-electron chi connectivity index (χ0n) is 9.09. The molecule has 1 aliphatic heterocycles. The standard InChI is InChI=1S/C10H18N4O/c1-8-2-3-14(5-9(8)4-11)6-10-12-7-13-15-10/h7-9H,2-6,11H2,1H3. The molecule has 0 aliphatic carbocycles. The minimum absolute atomic E-state index is 0.599. The summed E-state index contributed by atoms with van der Waals surface area (Å²) < 4.78 is 5.00. The number of rotatable bonds is 3. The molecule has 1 aromatic heterocycles. The van der Waals surface area contributed by atoms with Gasteiger partial charge in [-0.1, -0.05) is 12.1 Å². The van der Waals surface area contributed by atoms with Crippen molar-refractivity contribution in [2.75, 3.05) is 19.6 Å². The van der Waals surface area contributed by atoms with E-state index in [1.54, 1.807) is 0 Å². The molecule has 0 spiro atoms. The summed E-state index contributed by atoms with van der Waals surface area (Å²) in [6, 6.07) is 0. The molecule has 0 saturated carbocycles. The fraction of sp³-hybridized carbons (Fsp3) is 0.800. The Kier molecular flexibility index (Phi) is 3.33. The minimum Gasteiger partial charge on any atom is -0.338 e. The largest absolute Gasteiger partial charge is 0.338 e. The van der Waals surface area contributed by atoms with Gasteiger partial charge in [0, 0.05) is 6.54 Å². The van der Waals surface area contributed by atoms with Gasteiger partial charge in [0.25, 0.3) is 0 Å². The summed E-state index contributed by atoms with van der Waals surface area (Å²) >= 11 is 0. The molecule has 2 rings (SSSR count). The highest BCUT2D eigenvalue weighted by molar-refractivity contribution is 4.82. The van der Waals surface area contributed by atoms with Crippen molar-refractivity contribution in [3.05, 3.63) is 12.2 Å². The summed E-state index contributed by atoms with van der Waals surface area (Å²) in [4.78, 5) is 6.37. The Morgan fingerprint density at radius 3 is 3.20 bits per heavy atom. The quantitative estimate of drug-likeness (QED) is 0.786. The van der Waals surface area contributed by atoms with Crippen molar-refractivity contribution in [2.45, 2.75) is 19.9 Å². The van der Waals surface area contributed by atoms with E-state index in [1.165, 1.54) is 12.7 Å². The van der Waals surface area contributed by atoms with E-state index in [0.717, 1.165) is 32.1 Å². The number of likely N-dealkylation sites (tertiary alicyclic amines) is 1. The summed E-state index contributed by atoms with van der Waals surface area (Å²) in [5, 5.41) is 3.60. The first-order chi connectivity index (χ1) is 7.29. The van der Waals surface area contributed by atoms with Crippen LogP contribution in [0.25, 0.3) is 0 Å². The van der Waals surface area contributed by atoms with E-state index in [0.29, 0.717) is 11.8 Å². The normalized spacial score (nSPS) is 28.1. The maximum Gasteiger partial charge on any atom is 0.240 e. The third-order valence-electron chi connectivity index (χ3n) is 3.27. The van der Waals surface area contributed by atoms with Gasteiger partial charge >= 0.3 is 0 Å². The van der Waals surface area contributed by atoms with Crippen LogP contribution in [0.1, 0.15) is 19.2 Å². The first kappa shape index (κ1) is 10.6. The Labute approximate surface area is 89.6 Å². The van der Waals surface area contributed by atoms with Gasteiger partial charge in [0.1, 0.15) is 0 Å². The third kappa shape index (κ3) is 2.54. The molecule has 1 fully saturated rings. The van der Waals surface area contributed by atoms with Crippen molar-refractivity contribution in [3.8, 4) is 0 Å². The zero-order chi connectivity index (χ0) is 10.7. The summed E-state index contributed by atoms with van der Waals surface area (Å²) in [5.74, 6) is 2.02. The molecule has 0 aromatic carbocycles. The van der Waals surface area contributed by atoms with Gasteiger partial charge in [0.2, 0.25) is 5.89 Å². The molecular formula is C10H18N4O. The molecule has 1 saturated heterocycles. The van der Waals surface area contributed by atoms with Crippen LogP contribution in [0.2, 0.25) is 0 Å². The van der Waals surface area contributed by atoms with E-state index < -0.39 is 0 Å². The van der Waals surface area contributed by atoms with Crippen molar-refractivity contribution in [3.63, 3.8) is 0 Å². The van der Waals surface area contributed by atoms with Crippen LogP contribution < -0.4 is 5.73 Å². The Hall–Kier alpha value is -0.940. The summed E-state index contributed by atoms with van der Waals surface area (Å²) in [7, 11) is 0. The summed E-state index contributed by atoms with van der Waals surface area (Å²) in [6.07, 6.45) is 2.65.